The molecule has 3 rings (SSSR count). The Bertz CT molecular complexity index is 494. The van der Waals surface area contributed by atoms with E-state index in [4.69, 9.17) is 10.00 Å². The molecule has 0 bridgehead atoms. The average molecular weight is 275 g/mol. The molecule has 0 unspecified atom stereocenters. The molecule has 0 aromatic carbocycles. The first-order chi connectivity index (χ1) is 9.31. The van der Waals surface area contributed by atoms with Crippen LogP contribution in [-0.2, 0) is 4.74 Å². The van der Waals surface area contributed by atoms with E-state index in [1.54, 1.807) is 18.3 Å². The maximum atomic E-state index is 9.09. The van der Waals surface area contributed by atoms with Crippen LogP contribution in [-0.4, -0.2) is 34.7 Å². The van der Waals surface area contributed by atoms with Crippen LogP contribution in [0.3, 0.4) is 0 Å². The first-order valence-electron chi connectivity index (χ1n) is 6.65. The number of nitrogens with one attached hydrogen (secondary N) is 1. The van der Waals surface area contributed by atoms with E-state index in [1.807, 2.05) is 11.8 Å². The molecule has 2 atom stereocenters. The monoisotopic (exact) mass is 275 g/mol. The van der Waals surface area contributed by atoms with Crippen molar-refractivity contribution in [1.82, 2.24) is 4.98 Å². The highest BCUT2D eigenvalue weighted by Crippen LogP contribution is 2.38. The number of nitrogens with zero attached hydrogens (tertiary/aromatic N) is 2. The quantitative estimate of drug-likeness (QED) is 0.898. The van der Waals surface area contributed by atoms with E-state index < -0.39 is 0 Å². The van der Waals surface area contributed by atoms with Crippen LogP contribution in [0.4, 0.5) is 5.82 Å². The Morgan fingerprint density at radius 3 is 3.32 bits per heavy atom. The third-order valence-corrected chi connectivity index (χ3v) is 5.05. The van der Waals surface area contributed by atoms with Crippen molar-refractivity contribution in [3.05, 3.63) is 23.9 Å². The minimum Gasteiger partial charge on any atom is -0.374 e. The summed E-state index contributed by atoms with van der Waals surface area (Å²) in [7, 11) is 0. The SMILES string of the molecule is N#Cc1cccnc1N[C@@H]1CCO[C@@]2(CCSC2)C1. The Balaban J connectivity index is 1.71. The van der Waals surface area contributed by atoms with Crippen LogP contribution < -0.4 is 5.32 Å². The van der Waals surface area contributed by atoms with Crippen LogP contribution in [0.1, 0.15) is 24.8 Å². The maximum absolute atomic E-state index is 9.09. The van der Waals surface area contributed by atoms with E-state index in [9.17, 15) is 0 Å². The smallest absolute Gasteiger partial charge is 0.144 e. The zero-order chi connectivity index (χ0) is 13.1. The fraction of sp³-hybridized carbons (Fsp3) is 0.571. The summed E-state index contributed by atoms with van der Waals surface area (Å²) in [5.41, 5.74) is 0.672. The third-order valence-electron chi connectivity index (χ3n) is 3.83. The molecule has 1 aromatic rings. The van der Waals surface area contributed by atoms with Gasteiger partial charge in [-0.3, -0.25) is 0 Å². The highest BCUT2D eigenvalue weighted by atomic mass is 32.2. The van der Waals surface area contributed by atoms with Gasteiger partial charge in [0.2, 0.25) is 0 Å². The van der Waals surface area contributed by atoms with Crippen molar-refractivity contribution in [2.45, 2.75) is 30.9 Å². The summed E-state index contributed by atoms with van der Waals surface area (Å²) in [5.74, 6) is 3.00. The number of rotatable bonds is 2. The number of ether oxygens (including phenoxy) is 1. The number of pyridine rings is 1. The molecule has 4 nitrogen and oxygen atoms in total. The molecule has 100 valence electrons. The lowest BCUT2D eigenvalue weighted by atomic mass is 9.90. The summed E-state index contributed by atoms with van der Waals surface area (Å²) in [5, 5.41) is 12.5. The number of hydrogen-bond donors (Lipinski definition) is 1. The maximum Gasteiger partial charge on any atom is 0.144 e. The van der Waals surface area contributed by atoms with Crippen molar-refractivity contribution in [2.75, 3.05) is 23.4 Å². The molecule has 0 aliphatic carbocycles. The summed E-state index contributed by atoms with van der Waals surface area (Å²) < 4.78 is 6.00. The number of anilines is 1. The molecule has 0 saturated carbocycles. The number of thioether (sulfide) groups is 1. The average Bonchev–Trinajstić information content (AvgIpc) is 2.87. The lowest BCUT2D eigenvalue weighted by Crippen LogP contribution is -2.44. The second-order valence-electron chi connectivity index (χ2n) is 5.18. The van der Waals surface area contributed by atoms with Crippen molar-refractivity contribution in [1.29, 1.82) is 5.26 Å². The normalized spacial score (nSPS) is 30.2. The van der Waals surface area contributed by atoms with E-state index in [-0.39, 0.29) is 5.60 Å². The Labute approximate surface area is 117 Å². The van der Waals surface area contributed by atoms with Gasteiger partial charge in [-0.05, 0) is 37.1 Å². The predicted octanol–water partition coefficient (Wildman–Crippen LogP) is 2.42. The summed E-state index contributed by atoms with van der Waals surface area (Å²) >= 11 is 1.97. The van der Waals surface area contributed by atoms with Crippen molar-refractivity contribution in [2.24, 2.45) is 0 Å². The molecule has 2 saturated heterocycles. The molecular formula is C14H17N3OS. The molecule has 1 N–H and O–H groups in total. The molecular weight excluding hydrogens is 258 g/mol. The summed E-state index contributed by atoms with van der Waals surface area (Å²) in [4.78, 5) is 4.28. The number of aromatic nitrogens is 1. The third kappa shape index (κ3) is 2.70. The highest BCUT2D eigenvalue weighted by molar-refractivity contribution is 7.99. The van der Waals surface area contributed by atoms with Gasteiger partial charge in [0.25, 0.3) is 0 Å². The molecule has 1 spiro atoms. The van der Waals surface area contributed by atoms with Gasteiger partial charge in [0.15, 0.2) is 0 Å². The zero-order valence-corrected chi connectivity index (χ0v) is 11.6. The van der Waals surface area contributed by atoms with Crippen LogP contribution >= 0.6 is 11.8 Å². The molecule has 0 amide bonds. The molecule has 19 heavy (non-hydrogen) atoms. The van der Waals surface area contributed by atoms with Crippen molar-refractivity contribution in [3.63, 3.8) is 0 Å². The Kier molecular flexibility index (Phi) is 3.63. The molecule has 5 heteroatoms. The molecule has 3 heterocycles. The van der Waals surface area contributed by atoms with Gasteiger partial charge in [-0.1, -0.05) is 0 Å². The number of nitriles is 1. The van der Waals surface area contributed by atoms with Gasteiger partial charge in [0, 0.05) is 24.6 Å². The lowest BCUT2D eigenvalue weighted by molar-refractivity contribution is -0.0628. The molecule has 2 aliphatic heterocycles. The fourth-order valence-electron chi connectivity index (χ4n) is 2.82. The van der Waals surface area contributed by atoms with Crippen molar-refractivity contribution in [3.8, 4) is 6.07 Å². The predicted molar refractivity (Wildman–Crippen MR) is 76.2 cm³/mol. The minimum absolute atomic E-state index is 0.0577. The van der Waals surface area contributed by atoms with E-state index in [1.165, 1.54) is 5.75 Å². The van der Waals surface area contributed by atoms with Gasteiger partial charge in [-0.15, -0.1) is 0 Å². The summed E-state index contributed by atoms with van der Waals surface area (Å²) in [6, 6.07) is 6.14. The standard InChI is InChI=1S/C14H17N3OS/c15-9-11-2-1-5-16-13(11)17-12-3-6-18-14(8-12)4-7-19-10-14/h1-2,5,12H,3-4,6-8,10H2,(H,16,17)/t12-,14+/m1/s1. The molecule has 2 aliphatic rings. The van der Waals surface area contributed by atoms with Crippen LogP contribution in [0, 0.1) is 11.3 Å². The topological polar surface area (TPSA) is 57.9 Å². The van der Waals surface area contributed by atoms with Gasteiger partial charge in [-0.25, -0.2) is 4.98 Å². The van der Waals surface area contributed by atoms with Crippen molar-refractivity contribution < 1.29 is 4.74 Å². The Morgan fingerprint density at radius 2 is 2.53 bits per heavy atom. The van der Waals surface area contributed by atoms with Gasteiger partial charge < -0.3 is 10.1 Å². The van der Waals surface area contributed by atoms with Crippen LogP contribution in [0.2, 0.25) is 0 Å². The molecule has 0 radical (unpaired) electrons. The van der Waals surface area contributed by atoms with Gasteiger partial charge >= 0.3 is 0 Å². The van der Waals surface area contributed by atoms with Gasteiger partial charge in [0.05, 0.1) is 11.2 Å². The highest BCUT2D eigenvalue weighted by Gasteiger charge is 2.40. The fourth-order valence-corrected chi connectivity index (χ4v) is 4.20. The second-order valence-corrected chi connectivity index (χ2v) is 6.28. The van der Waals surface area contributed by atoms with Gasteiger partial charge in [0.1, 0.15) is 11.9 Å². The summed E-state index contributed by atoms with van der Waals surface area (Å²) in [6.07, 6.45) is 4.86. The van der Waals surface area contributed by atoms with E-state index in [0.717, 1.165) is 31.6 Å². The lowest BCUT2D eigenvalue weighted by Gasteiger charge is -2.38. The largest absolute Gasteiger partial charge is 0.374 e. The first kappa shape index (κ1) is 12.8. The molecule has 2 fully saturated rings. The Morgan fingerprint density at radius 1 is 1.58 bits per heavy atom. The van der Waals surface area contributed by atoms with E-state index >= 15 is 0 Å². The van der Waals surface area contributed by atoms with Crippen LogP contribution in [0.5, 0.6) is 0 Å². The molecule has 1 aromatic heterocycles. The Hall–Kier alpha value is -1.25. The van der Waals surface area contributed by atoms with Crippen LogP contribution in [0.15, 0.2) is 18.3 Å². The first-order valence-corrected chi connectivity index (χ1v) is 7.80. The summed E-state index contributed by atoms with van der Waals surface area (Å²) in [6.45, 7) is 0.799. The van der Waals surface area contributed by atoms with Crippen LogP contribution in [0.25, 0.3) is 0 Å². The van der Waals surface area contributed by atoms with Crippen molar-refractivity contribution >= 4 is 17.6 Å². The van der Waals surface area contributed by atoms with Gasteiger partial charge in [-0.2, -0.15) is 17.0 Å². The van der Waals surface area contributed by atoms with E-state index in [0.29, 0.717) is 17.4 Å². The zero-order valence-electron chi connectivity index (χ0n) is 10.8. The number of hydrogen-bond acceptors (Lipinski definition) is 5. The second kappa shape index (κ2) is 5.40. The van der Waals surface area contributed by atoms with E-state index in [2.05, 4.69) is 16.4 Å². The minimum atomic E-state index is 0.0577.